The molecule has 0 heterocycles. The third kappa shape index (κ3) is 7.56. The van der Waals surface area contributed by atoms with Crippen LogP contribution in [0.2, 0.25) is 0 Å². The Morgan fingerprint density at radius 1 is 1.14 bits per heavy atom. The number of aryl methyl sites for hydroxylation is 1. The maximum Gasteiger partial charge on any atom is 0.191 e. The number of ether oxygens (including phenoxy) is 2. The van der Waals surface area contributed by atoms with Crippen LogP contribution in [0.25, 0.3) is 0 Å². The maximum atomic E-state index is 5.74. The number of hydrogen-bond donors (Lipinski definition) is 2. The lowest BCUT2D eigenvalue weighted by Gasteiger charge is -2.13. The van der Waals surface area contributed by atoms with Crippen LogP contribution in [0.15, 0.2) is 29.3 Å². The van der Waals surface area contributed by atoms with Crippen LogP contribution in [0, 0.1) is 6.92 Å². The molecular formula is C16H27N3O2. The molecule has 0 spiro atoms. The fourth-order valence-electron chi connectivity index (χ4n) is 1.76. The van der Waals surface area contributed by atoms with Crippen molar-refractivity contribution in [3.8, 4) is 5.75 Å². The second-order valence-corrected chi connectivity index (χ2v) is 4.50. The van der Waals surface area contributed by atoms with Crippen molar-refractivity contribution in [3.05, 3.63) is 29.8 Å². The molecule has 0 amide bonds. The van der Waals surface area contributed by atoms with Crippen LogP contribution >= 0.6 is 0 Å². The summed E-state index contributed by atoms with van der Waals surface area (Å²) < 4.78 is 11.0. The molecule has 0 aliphatic heterocycles. The molecule has 0 bridgehead atoms. The number of rotatable bonds is 9. The first kappa shape index (κ1) is 17.3. The lowest BCUT2D eigenvalue weighted by molar-refractivity contribution is 0.155. The molecule has 0 aliphatic carbocycles. The van der Waals surface area contributed by atoms with Crippen molar-refractivity contribution >= 4 is 5.96 Å². The summed E-state index contributed by atoms with van der Waals surface area (Å²) in [6.45, 7) is 10.2. The first-order chi connectivity index (χ1) is 10.3. The van der Waals surface area contributed by atoms with Gasteiger partial charge in [-0.05, 0) is 32.4 Å². The van der Waals surface area contributed by atoms with Gasteiger partial charge in [0, 0.05) is 13.2 Å². The van der Waals surface area contributed by atoms with Gasteiger partial charge < -0.3 is 20.1 Å². The van der Waals surface area contributed by atoms with Crippen molar-refractivity contribution in [1.29, 1.82) is 0 Å². The first-order valence-corrected chi connectivity index (χ1v) is 7.56. The van der Waals surface area contributed by atoms with Gasteiger partial charge in [0.2, 0.25) is 0 Å². The molecule has 0 saturated carbocycles. The third-order valence-electron chi connectivity index (χ3n) is 2.80. The molecule has 21 heavy (non-hydrogen) atoms. The Hall–Kier alpha value is -1.75. The molecular weight excluding hydrogens is 266 g/mol. The number of aliphatic imine (C=N–C) groups is 1. The number of para-hydroxylation sites is 1. The average Bonchev–Trinajstić information content (AvgIpc) is 2.49. The van der Waals surface area contributed by atoms with Crippen molar-refractivity contribution < 1.29 is 9.47 Å². The fourth-order valence-corrected chi connectivity index (χ4v) is 1.76. The van der Waals surface area contributed by atoms with Crippen molar-refractivity contribution in [2.75, 3.05) is 39.5 Å². The molecule has 0 unspecified atom stereocenters. The molecule has 2 N–H and O–H groups in total. The monoisotopic (exact) mass is 293 g/mol. The normalized spacial score (nSPS) is 11.3. The van der Waals surface area contributed by atoms with E-state index in [1.165, 1.54) is 0 Å². The molecule has 1 aromatic carbocycles. The van der Waals surface area contributed by atoms with Gasteiger partial charge in [-0.3, -0.25) is 4.99 Å². The zero-order chi connectivity index (χ0) is 15.3. The van der Waals surface area contributed by atoms with Gasteiger partial charge in [0.1, 0.15) is 12.4 Å². The van der Waals surface area contributed by atoms with Gasteiger partial charge in [-0.1, -0.05) is 18.2 Å². The van der Waals surface area contributed by atoms with E-state index in [2.05, 4.69) is 15.6 Å². The number of benzene rings is 1. The highest BCUT2D eigenvalue weighted by Crippen LogP contribution is 2.15. The lowest BCUT2D eigenvalue weighted by Crippen LogP contribution is -2.39. The molecule has 0 aromatic heterocycles. The molecule has 0 saturated heterocycles. The molecule has 0 atom stereocenters. The molecule has 0 fully saturated rings. The minimum Gasteiger partial charge on any atom is -0.491 e. The van der Waals surface area contributed by atoms with E-state index in [1.54, 1.807) is 0 Å². The highest BCUT2D eigenvalue weighted by Gasteiger charge is 1.99. The Kier molecular flexibility index (Phi) is 9.04. The smallest absolute Gasteiger partial charge is 0.191 e. The van der Waals surface area contributed by atoms with Crippen LogP contribution in [0.3, 0.4) is 0 Å². The summed E-state index contributed by atoms with van der Waals surface area (Å²) in [6, 6.07) is 8.02. The Morgan fingerprint density at radius 2 is 1.95 bits per heavy atom. The second kappa shape index (κ2) is 11.0. The summed E-state index contributed by atoms with van der Waals surface area (Å²) in [7, 11) is 0. The zero-order valence-electron chi connectivity index (χ0n) is 13.3. The zero-order valence-corrected chi connectivity index (χ0v) is 13.3. The lowest BCUT2D eigenvalue weighted by atomic mass is 10.2. The fraction of sp³-hybridized carbons (Fsp3) is 0.562. The van der Waals surface area contributed by atoms with Crippen molar-refractivity contribution in [3.63, 3.8) is 0 Å². The van der Waals surface area contributed by atoms with Crippen LogP contribution in [0.1, 0.15) is 19.4 Å². The predicted molar refractivity (Wildman–Crippen MR) is 87.1 cm³/mol. The van der Waals surface area contributed by atoms with Crippen molar-refractivity contribution in [2.24, 2.45) is 4.99 Å². The standard InChI is InChI=1S/C16H27N3O2/c1-4-17-16(18-10-12-20-5-2)19-11-13-21-15-9-7-6-8-14(15)3/h6-9H,4-5,10-13H2,1-3H3,(H2,17,18,19). The van der Waals surface area contributed by atoms with E-state index in [1.807, 2.05) is 45.0 Å². The van der Waals surface area contributed by atoms with E-state index in [9.17, 15) is 0 Å². The second-order valence-electron chi connectivity index (χ2n) is 4.50. The minimum absolute atomic E-state index is 0.598. The average molecular weight is 293 g/mol. The quantitative estimate of drug-likeness (QED) is 0.415. The number of nitrogens with zero attached hydrogens (tertiary/aromatic N) is 1. The van der Waals surface area contributed by atoms with Crippen molar-refractivity contribution in [1.82, 2.24) is 10.6 Å². The van der Waals surface area contributed by atoms with E-state index in [0.717, 1.165) is 30.4 Å². The predicted octanol–water partition coefficient (Wildman–Crippen LogP) is 1.97. The van der Waals surface area contributed by atoms with Gasteiger partial charge in [0.25, 0.3) is 0 Å². The Balaban J connectivity index is 2.28. The first-order valence-electron chi connectivity index (χ1n) is 7.56. The molecule has 5 nitrogen and oxygen atoms in total. The summed E-state index contributed by atoms with van der Waals surface area (Å²) >= 11 is 0. The van der Waals surface area contributed by atoms with E-state index in [-0.39, 0.29) is 0 Å². The van der Waals surface area contributed by atoms with E-state index in [4.69, 9.17) is 9.47 Å². The SMILES string of the molecule is CCNC(=NCCOCC)NCCOc1ccccc1C. The van der Waals surface area contributed by atoms with E-state index in [0.29, 0.717) is 26.3 Å². The molecule has 0 aliphatic rings. The summed E-state index contributed by atoms with van der Waals surface area (Å²) in [5, 5.41) is 6.44. The summed E-state index contributed by atoms with van der Waals surface area (Å²) in [5.41, 5.74) is 1.15. The van der Waals surface area contributed by atoms with Crippen LogP contribution in [0.4, 0.5) is 0 Å². The molecule has 5 heteroatoms. The molecule has 118 valence electrons. The molecule has 1 rings (SSSR count). The van der Waals surface area contributed by atoms with Crippen LogP contribution < -0.4 is 15.4 Å². The van der Waals surface area contributed by atoms with Crippen LogP contribution in [-0.2, 0) is 4.74 Å². The number of hydrogen-bond acceptors (Lipinski definition) is 3. The topological polar surface area (TPSA) is 54.9 Å². The summed E-state index contributed by atoms with van der Waals surface area (Å²) in [5.74, 6) is 1.73. The minimum atomic E-state index is 0.598. The van der Waals surface area contributed by atoms with Gasteiger partial charge in [0.15, 0.2) is 5.96 Å². The third-order valence-corrected chi connectivity index (χ3v) is 2.80. The van der Waals surface area contributed by atoms with Gasteiger partial charge in [-0.15, -0.1) is 0 Å². The van der Waals surface area contributed by atoms with Gasteiger partial charge in [-0.2, -0.15) is 0 Å². The Morgan fingerprint density at radius 3 is 2.67 bits per heavy atom. The van der Waals surface area contributed by atoms with E-state index < -0.39 is 0 Å². The summed E-state index contributed by atoms with van der Waals surface area (Å²) in [4.78, 5) is 4.43. The number of guanidine groups is 1. The molecule has 1 aromatic rings. The van der Waals surface area contributed by atoms with Crippen LogP contribution in [-0.4, -0.2) is 45.4 Å². The van der Waals surface area contributed by atoms with Crippen molar-refractivity contribution in [2.45, 2.75) is 20.8 Å². The largest absolute Gasteiger partial charge is 0.491 e. The summed E-state index contributed by atoms with van der Waals surface area (Å²) in [6.07, 6.45) is 0. The Bertz CT molecular complexity index is 422. The molecule has 0 radical (unpaired) electrons. The maximum absolute atomic E-state index is 5.74. The highest BCUT2D eigenvalue weighted by atomic mass is 16.5. The van der Waals surface area contributed by atoms with E-state index >= 15 is 0 Å². The number of nitrogens with one attached hydrogen (secondary N) is 2. The van der Waals surface area contributed by atoms with Gasteiger partial charge in [-0.25, -0.2) is 0 Å². The highest BCUT2D eigenvalue weighted by molar-refractivity contribution is 5.79. The Labute approximate surface area is 127 Å². The van der Waals surface area contributed by atoms with Gasteiger partial charge >= 0.3 is 0 Å². The van der Waals surface area contributed by atoms with Gasteiger partial charge in [0.05, 0.1) is 19.7 Å². The van der Waals surface area contributed by atoms with Crippen LogP contribution in [0.5, 0.6) is 5.75 Å².